The molecule has 10 rings (SSSR count). The van der Waals surface area contributed by atoms with Gasteiger partial charge in [0.05, 0.1) is 79.4 Å². The average Bonchev–Trinajstić information content (AvgIpc) is 1.69. The number of ether oxygens (including phenoxy) is 8. The maximum atomic E-state index is 12.9. The van der Waals surface area contributed by atoms with Gasteiger partial charge < -0.3 is 57.0 Å². The molecule has 16 atom stereocenters. The lowest BCUT2D eigenvalue weighted by Gasteiger charge is -2.45. The fourth-order valence-corrected chi connectivity index (χ4v) is 27.6. The Morgan fingerprint density at radius 3 is 1.21 bits per heavy atom. The smallest absolute Gasteiger partial charge is 0.334 e. The zero-order chi connectivity index (χ0) is 86.3. The zero-order valence-corrected chi connectivity index (χ0v) is 77.4. The van der Waals surface area contributed by atoms with Gasteiger partial charge in [0.2, 0.25) is 0 Å². The molecule has 4 aromatic carbocycles. The topological polar surface area (TPSA) is 167 Å². The van der Waals surface area contributed by atoms with Crippen LogP contribution in [0.4, 0.5) is 0 Å². The van der Waals surface area contributed by atoms with Crippen LogP contribution in [-0.2, 0) is 56.3 Å². The molecule has 0 saturated carbocycles. The molecule has 0 aliphatic carbocycles. The largest absolute Gasteiger partial charge is 0.455 e. The van der Waals surface area contributed by atoms with E-state index in [-0.39, 0.29) is 108 Å². The van der Waals surface area contributed by atoms with Gasteiger partial charge in [-0.1, -0.05) is 271 Å². The fourth-order valence-electron chi connectivity index (χ4n) is 18.2. The van der Waals surface area contributed by atoms with Crippen molar-refractivity contribution in [2.45, 2.75) is 383 Å². The molecule has 0 amide bonds. The molecule has 4 aromatic rings. The molecule has 0 aromatic heterocycles. The first-order valence-corrected chi connectivity index (χ1v) is 50.1. The van der Waals surface area contributed by atoms with E-state index >= 15 is 0 Å². The predicted octanol–water partition coefficient (Wildman–Crippen LogP) is 19.7. The van der Waals surface area contributed by atoms with Crippen molar-refractivity contribution in [1.29, 1.82) is 0 Å². The highest BCUT2D eigenvalue weighted by molar-refractivity contribution is 7.00. The number of carbonyl (C=O) groups is 2. The van der Waals surface area contributed by atoms with Crippen LogP contribution >= 0.6 is 0 Å². The summed E-state index contributed by atoms with van der Waals surface area (Å²) in [6, 6.07) is 42.6. The molecule has 4 fully saturated rings. The summed E-state index contributed by atoms with van der Waals surface area (Å²) < 4.78 is 63.2. The molecule has 0 bridgehead atoms. The Morgan fingerprint density at radius 1 is 0.455 bits per heavy atom. The molecular formula is C105H146O14Si2. The summed E-state index contributed by atoms with van der Waals surface area (Å²) in [4.78, 5) is 25.7. The molecule has 658 valence electrons. The van der Waals surface area contributed by atoms with Crippen molar-refractivity contribution in [2.75, 3.05) is 13.9 Å². The maximum Gasteiger partial charge on any atom is 0.334 e. The third-order valence-electron chi connectivity index (χ3n) is 24.7. The van der Waals surface area contributed by atoms with Gasteiger partial charge in [0.15, 0.2) is 0 Å². The molecule has 6 aliphatic rings. The minimum Gasteiger partial charge on any atom is -0.455 e. The quantitative estimate of drug-likeness (QED) is 0.0141. The average molecular weight is 1690 g/mol. The van der Waals surface area contributed by atoms with Crippen molar-refractivity contribution < 1.29 is 66.5 Å². The lowest BCUT2D eigenvalue weighted by molar-refractivity contribution is -0.140. The van der Waals surface area contributed by atoms with Crippen LogP contribution in [0, 0.1) is 53.3 Å². The number of hydrogen-bond donors (Lipinski definition) is 2. The third-order valence-corrected chi connectivity index (χ3v) is 34.9. The molecule has 6 heterocycles. The highest BCUT2D eigenvalue weighted by atomic mass is 28.4. The van der Waals surface area contributed by atoms with Crippen LogP contribution in [0.2, 0.25) is 10.1 Å². The highest BCUT2D eigenvalue weighted by Gasteiger charge is 2.54. The van der Waals surface area contributed by atoms with Crippen molar-refractivity contribution in [3.05, 3.63) is 169 Å². The summed E-state index contributed by atoms with van der Waals surface area (Å²) in [5.74, 6) is 26.0. The number of aliphatic hydroxyl groups excluding tert-OH is 2. The summed E-state index contributed by atoms with van der Waals surface area (Å²) >= 11 is 0. The highest BCUT2D eigenvalue weighted by Crippen LogP contribution is 2.43. The first-order chi connectivity index (χ1) is 58.6. The number of allylic oxidation sites excluding steroid dienone is 4. The van der Waals surface area contributed by atoms with Crippen molar-refractivity contribution in [2.24, 2.45) is 5.92 Å². The van der Waals surface area contributed by atoms with Crippen LogP contribution < -0.4 is 20.7 Å². The Hall–Kier alpha value is -6.95. The second kappa shape index (κ2) is 51.5. The van der Waals surface area contributed by atoms with E-state index in [0.717, 1.165) is 116 Å². The summed E-state index contributed by atoms with van der Waals surface area (Å²) in [6.07, 6.45) is 39.5. The molecule has 0 radical (unpaired) electrons. The lowest BCUT2D eigenvalue weighted by Crippen LogP contribution is -2.67. The van der Waals surface area contributed by atoms with Crippen LogP contribution in [0.1, 0.15) is 282 Å². The molecular weight excluding hydrogens is 1540 g/mol. The van der Waals surface area contributed by atoms with Crippen molar-refractivity contribution >= 4 is 49.3 Å². The van der Waals surface area contributed by atoms with Gasteiger partial charge >= 0.3 is 11.9 Å². The lowest BCUT2D eigenvalue weighted by atomic mass is 9.98. The molecule has 6 aliphatic heterocycles. The number of benzene rings is 4. The number of hydrogen-bond acceptors (Lipinski definition) is 14. The van der Waals surface area contributed by atoms with E-state index < -0.39 is 28.8 Å². The van der Waals surface area contributed by atoms with E-state index in [1.165, 1.54) is 78.5 Å². The second-order valence-electron chi connectivity index (χ2n) is 36.4. The third kappa shape index (κ3) is 30.1. The Balaban J connectivity index is 0.000000275. The predicted molar refractivity (Wildman–Crippen MR) is 493 cm³/mol. The normalized spacial score (nSPS) is 23.3. The minimum absolute atomic E-state index is 0.0422. The van der Waals surface area contributed by atoms with Gasteiger partial charge in [-0.2, -0.15) is 0 Å². The van der Waals surface area contributed by atoms with Crippen LogP contribution in [0.25, 0.3) is 0 Å². The number of unbranched alkanes of at least 4 members (excludes halogenated alkanes) is 12. The monoisotopic (exact) mass is 1690 g/mol. The van der Waals surface area contributed by atoms with Gasteiger partial charge in [0.25, 0.3) is 16.6 Å². The van der Waals surface area contributed by atoms with E-state index in [2.05, 4.69) is 231 Å². The molecule has 0 unspecified atom stereocenters. The number of aliphatic hydroxyl groups is 2. The van der Waals surface area contributed by atoms with Crippen molar-refractivity contribution in [1.82, 2.24) is 0 Å². The van der Waals surface area contributed by atoms with E-state index in [1.54, 1.807) is 7.11 Å². The Kier molecular flexibility index (Phi) is 41.6. The molecule has 2 N–H and O–H groups in total. The van der Waals surface area contributed by atoms with Crippen LogP contribution in [0.15, 0.2) is 169 Å². The number of rotatable bonds is 43. The van der Waals surface area contributed by atoms with E-state index in [0.29, 0.717) is 49.2 Å². The summed E-state index contributed by atoms with van der Waals surface area (Å²) in [6.45, 7) is 24.5. The number of methoxy groups -OCH3 is 1. The number of carbonyl (C=O) groups excluding carboxylic acids is 2. The van der Waals surface area contributed by atoms with Gasteiger partial charge in [-0.05, 0) is 178 Å². The first kappa shape index (κ1) is 97.9. The van der Waals surface area contributed by atoms with Gasteiger partial charge in [0.1, 0.15) is 19.0 Å². The number of cyclic esters (lactones) is 2. The van der Waals surface area contributed by atoms with E-state index in [9.17, 15) is 19.8 Å². The Morgan fingerprint density at radius 2 is 0.818 bits per heavy atom. The van der Waals surface area contributed by atoms with Crippen LogP contribution in [-0.4, -0.2) is 144 Å². The standard InChI is InChI=1S/C54H76O7Si.C51H70O7Si/c1-8-9-10-11-12-13-16-21-28-42(2)48-35-36-51(59-48)52-38-37-50(60-52)49(57-41-56-7)34-27-18-15-14-17-22-29-45(40-44-39-43(3)58-53(44)55)61-62(54(4,5)6,46-30-23-19-24-31-46)47-32-25-20-26-33-47;1-6-7-8-9-10-11-15-24-31-44(52)46-33-35-48(56-46)49-36-34-47(57-49)45(53)32-25-16-13-12-14-19-26-41(38-40-37-39(2)55-50(40)54)58-59(51(3,4)5,42-27-20-17-21-28-42)43-29-22-18-23-30-43/h14-15,19-20,23-26,30-33,39,42-43,45,48-52H,8-13,17,22,28-29,34-38,40-41H2,1-7H3;12-13,17-18,20-23,27-30,37,39,41,44-49,52-53H,6-11,14,19,26,31-36,38H2,1-5H3/b15-14+;13-12+/t42-,43+,45+,48-,49-,50-,51-,52-;39-,41-,44+,45+,46+,47+,48+,49+/m10/s1. The summed E-state index contributed by atoms with van der Waals surface area (Å²) in [5.41, 5.74) is 1.40. The summed E-state index contributed by atoms with van der Waals surface area (Å²) in [7, 11) is -4.02. The fraction of sp³-hybridized carbons (Fsp3) is 0.600. The van der Waals surface area contributed by atoms with Gasteiger partial charge in [-0.15, -0.1) is 23.7 Å². The SMILES string of the molecule is CCCCCCCC#CC[C@@H](C)[C@H]1CC[C@H]([C@H]2CC[C@H]([C@@H](CC#C/C=C/CCC[C@@H](CC3=C[C@H](C)OC3=O)O[Si](c3ccccc3)(c3ccccc3)C(C)(C)C)OCOC)O2)O1.CCCCCCCC#CC[C@@H](O)[C@H]1CC[C@H]([C@H]2CC[C@H]([C@H](O)CC#C/C=C/CCC[C@@H](CC3=C[C@H](C)OC3=O)O[Si](c3ccccc3)(c3ccccc3)C(C)(C)C)O2)O1. The van der Waals surface area contributed by atoms with E-state index in [1.807, 2.05) is 50.3 Å². The molecule has 0 spiro atoms. The van der Waals surface area contributed by atoms with Gasteiger partial charge in [0, 0.05) is 69.6 Å². The molecule has 14 nitrogen and oxygen atoms in total. The van der Waals surface area contributed by atoms with Gasteiger partial charge in [-0.3, -0.25) is 0 Å². The minimum atomic E-state index is -2.84. The Labute approximate surface area is 730 Å². The molecule has 16 heteroatoms. The second-order valence-corrected chi connectivity index (χ2v) is 44.9. The van der Waals surface area contributed by atoms with Crippen LogP contribution in [0.3, 0.4) is 0 Å². The van der Waals surface area contributed by atoms with Gasteiger partial charge in [-0.25, -0.2) is 9.59 Å². The zero-order valence-electron chi connectivity index (χ0n) is 75.4. The molecule has 121 heavy (non-hydrogen) atoms. The van der Waals surface area contributed by atoms with Crippen molar-refractivity contribution in [3.8, 4) is 47.4 Å². The maximum absolute atomic E-state index is 12.9. The number of esters is 2. The van der Waals surface area contributed by atoms with Crippen LogP contribution in [0.5, 0.6) is 0 Å². The van der Waals surface area contributed by atoms with Crippen molar-refractivity contribution in [3.63, 3.8) is 0 Å². The van der Waals surface area contributed by atoms with E-state index in [4.69, 9.17) is 46.7 Å². The first-order valence-electron chi connectivity index (χ1n) is 46.2. The summed E-state index contributed by atoms with van der Waals surface area (Å²) in [5, 5.41) is 26.1. The Bertz CT molecular complexity index is 4020. The molecule has 4 saturated heterocycles.